The molecule has 1 N–H and O–H groups in total. The summed E-state index contributed by atoms with van der Waals surface area (Å²) in [5.74, 6) is 0. The van der Waals surface area contributed by atoms with Crippen molar-refractivity contribution >= 4 is 10.0 Å². The average Bonchev–Trinajstić information content (AvgIpc) is 2.44. The van der Waals surface area contributed by atoms with Crippen LogP contribution in [-0.2, 0) is 16.6 Å². The quantitative estimate of drug-likeness (QED) is 0.713. The van der Waals surface area contributed by atoms with Gasteiger partial charge in [0.15, 0.2) is 0 Å². The molecule has 0 unspecified atom stereocenters. The van der Waals surface area contributed by atoms with Gasteiger partial charge in [0, 0.05) is 25.0 Å². The Hall–Kier alpha value is -0.880. The standard InChI is InChI=1S/C8H15N3O2S/c1-8-4-6-9-11(8)7-3-5-10-14(2,12)13/h4,6,10H,3,5,7H2,1-2H3. The molecule has 0 radical (unpaired) electrons. The molecule has 1 rings (SSSR count). The minimum Gasteiger partial charge on any atom is -0.270 e. The molecule has 0 aliphatic heterocycles. The molecule has 0 aliphatic carbocycles. The fraction of sp³-hybridized carbons (Fsp3) is 0.625. The third-order valence-electron chi connectivity index (χ3n) is 1.84. The van der Waals surface area contributed by atoms with Crippen molar-refractivity contribution in [2.45, 2.75) is 19.9 Å². The van der Waals surface area contributed by atoms with E-state index in [2.05, 4.69) is 9.82 Å². The molecule has 0 saturated carbocycles. The highest BCUT2D eigenvalue weighted by Gasteiger charge is 2.00. The van der Waals surface area contributed by atoms with E-state index in [1.165, 1.54) is 0 Å². The van der Waals surface area contributed by atoms with Gasteiger partial charge >= 0.3 is 0 Å². The van der Waals surface area contributed by atoms with Gasteiger partial charge in [0.25, 0.3) is 0 Å². The van der Waals surface area contributed by atoms with E-state index in [4.69, 9.17) is 0 Å². The summed E-state index contributed by atoms with van der Waals surface area (Å²) in [5.41, 5.74) is 1.09. The molecule has 80 valence electrons. The van der Waals surface area contributed by atoms with Gasteiger partial charge in [-0.2, -0.15) is 5.10 Å². The predicted octanol–water partition coefficient (Wildman–Crippen LogP) is 0.131. The summed E-state index contributed by atoms with van der Waals surface area (Å²) in [5, 5.41) is 4.09. The third-order valence-corrected chi connectivity index (χ3v) is 2.57. The predicted molar refractivity (Wildman–Crippen MR) is 54.4 cm³/mol. The van der Waals surface area contributed by atoms with Crippen molar-refractivity contribution in [2.75, 3.05) is 12.8 Å². The number of sulfonamides is 1. The monoisotopic (exact) mass is 217 g/mol. The second kappa shape index (κ2) is 4.56. The first-order valence-corrected chi connectivity index (χ1v) is 6.31. The number of rotatable bonds is 5. The highest BCUT2D eigenvalue weighted by atomic mass is 32.2. The lowest BCUT2D eigenvalue weighted by Gasteiger charge is -2.04. The van der Waals surface area contributed by atoms with Crippen LogP contribution in [0.1, 0.15) is 12.1 Å². The van der Waals surface area contributed by atoms with Gasteiger partial charge in [-0.05, 0) is 19.4 Å². The van der Waals surface area contributed by atoms with Gasteiger partial charge < -0.3 is 0 Å². The number of aromatic nitrogens is 2. The molecule has 0 aliphatic rings. The fourth-order valence-electron chi connectivity index (χ4n) is 1.12. The van der Waals surface area contributed by atoms with Gasteiger partial charge in [-0.15, -0.1) is 0 Å². The van der Waals surface area contributed by atoms with E-state index in [0.29, 0.717) is 6.54 Å². The molecule has 14 heavy (non-hydrogen) atoms. The van der Waals surface area contributed by atoms with E-state index in [9.17, 15) is 8.42 Å². The van der Waals surface area contributed by atoms with E-state index < -0.39 is 10.0 Å². The van der Waals surface area contributed by atoms with Crippen LogP contribution >= 0.6 is 0 Å². The molecule has 1 heterocycles. The number of nitrogens with one attached hydrogen (secondary N) is 1. The number of aryl methyl sites for hydroxylation is 2. The Kier molecular flexibility index (Phi) is 3.65. The molecule has 6 heteroatoms. The smallest absolute Gasteiger partial charge is 0.208 e. The van der Waals surface area contributed by atoms with Gasteiger partial charge in [0.2, 0.25) is 10.0 Å². The SMILES string of the molecule is Cc1ccnn1CCCNS(C)(=O)=O. The van der Waals surface area contributed by atoms with Crippen molar-refractivity contribution in [1.29, 1.82) is 0 Å². The van der Waals surface area contributed by atoms with Crippen molar-refractivity contribution in [3.8, 4) is 0 Å². The summed E-state index contributed by atoms with van der Waals surface area (Å²) in [6.45, 7) is 3.16. The zero-order valence-electron chi connectivity index (χ0n) is 8.40. The molecule has 5 nitrogen and oxygen atoms in total. The van der Waals surface area contributed by atoms with Crippen molar-refractivity contribution in [1.82, 2.24) is 14.5 Å². The molecule has 0 spiro atoms. The van der Waals surface area contributed by atoms with Crippen LogP contribution in [0.5, 0.6) is 0 Å². The summed E-state index contributed by atoms with van der Waals surface area (Å²) in [7, 11) is -3.05. The zero-order chi connectivity index (χ0) is 10.6. The second-order valence-corrected chi connectivity index (χ2v) is 5.05. The van der Waals surface area contributed by atoms with Crippen LogP contribution in [0, 0.1) is 6.92 Å². The maximum absolute atomic E-state index is 10.7. The zero-order valence-corrected chi connectivity index (χ0v) is 9.21. The molecule has 0 fully saturated rings. The minimum absolute atomic E-state index is 0.456. The number of hydrogen-bond donors (Lipinski definition) is 1. The van der Waals surface area contributed by atoms with Crippen LogP contribution in [0.25, 0.3) is 0 Å². The molecule has 0 saturated heterocycles. The summed E-state index contributed by atoms with van der Waals surface area (Å²) in [6.07, 6.45) is 3.64. The number of hydrogen-bond acceptors (Lipinski definition) is 3. The van der Waals surface area contributed by atoms with Crippen LogP contribution in [0.4, 0.5) is 0 Å². The van der Waals surface area contributed by atoms with Crippen LogP contribution < -0.4 is 4.72 Å². The number of nitrogens with zero attached hydrogens (tertiary/aromatic N) is 2. The van der Waals surface area contributed by atoms with Crippen LogP contribution in [-0.4, -0.2) is 31.0 Å². The maximum Gasteiger partial charge on any atom is 0.208 e. The topological polar surface area (TPSA) is 64.0 Å². The first-order valence-electron chi connectivity index (χ1n) is 4.42. The first-order chi connectivity index (χ1) is 6.49. The Morgan fingerprint density at radius 2 is 2.29 bits per heavy atom. The molecular weight excluding hydrogens is 202 g/mol. The first kappa shape index (κ1) is 11.2. The highest BCUT2D eigenvalue weighted by molar-refractivity contribution is 7.88. The summed E-state index contributed by atoms with van der Waals surface area (Å²) in [6, 6.07) is 1.92. The average molecular weight is 217 g/mol. The van der Waals surface area contributed by atoms with Crippen LogP contribution in [0.15, 0.2) is 12.3 Å². The normalized spacial score (nSPS) is 11.9. The fourth-order valence-corrected chi connectivity index (χ4v) is 1.63. The van der Waals surface area contributed by atoms with Gasteiger partial charge in [-0.3, -0.25) is 4.68 Å². The maximum atomic E-state index is 10.7. The molecule has 0 bridgehead atoms. The lowest BCUT2D eigenvalue weighted by atomic mass is 10.4. The molecule has 0 amide bonds. The Morgan fingerprint density at radius 1 is 1.57 bits per heavy atom. The van der Waals surface area contributed by atoms with Gasteiger partial charge in [-0.25, -0.2) is 13.1 Å². The molecule has 0 atom stereocenters. The van der Waals surface area contributed by atoms with Crippen molar-refractivity contribution in [3.05, 3.63) is 18.0 Å². The van der Waals surface area contributed by atoms with E-state index in [-0.39, 0.29) is 0 Å². The molecule has 1 aromatic heterocycles. The Balaban J connectivity index is 2.26. The van der Waals surface area contributed by atoms with Gasteiger partial charge in [0.05, 0.1) is 6.26 Å². The second-order valence-electron chi connectivity index (χ2n) is 3.22. The van der Waals surface area contributed by atoms with Crippen molar-refractivity contribution in [3.63, 3.8) is 0 Å². The van der Waals surface area contributed by atoms with Crippen LogP contribution in [0.3, 0.4) is 0 Å². The lowest BCUT2D eigenvalue weighted by Crippen LogP contribution is -2.24. The third kappa shape index (κ3) is 3.89. The molecule has 0 aromatic carbocycles. The molecule has 1 aromatic rings. The highest BCUT2D eigenvalue weighted by Crippen LogP contribution is 1.96. The molecular formula is C8H15N3O2S. The van der Waals surface area contributed by atoms with E-state index >= 15 is 0 Å². The largest absolute Gasteiger partial charge is 0.270 e. The van der Waals surface area contributed by atoms with Crippen molar-refractivity contribution < 1.29 is 8.42 Å². The summed E-state index contributed by atoms with van der Waals surface area (Å²) in [4.78, 5) is 0. The summed E-state index contributed by atoms with van der Waals surface area (Å²) >= 11 is 0. The Morgan fingerprint density at radius 3 is 2.79 bits per heavy atom. The van der Waals surface area contributed by atoms with Crippen LogP contribution in [0.2, 0.25) is 0 Å². The Bertz CT molecular complexity index is 383. The summed E-state index contributed by atoms with van der Waals surface area (Å²) < 4.78 is 25.7. The van der Waals surface area contributed by atoms with E-state index in [1.807, 2.05) is 17.7 Å². The Labute approximate surface area is 84.2 Å². The van der Waals surface area contributed by atoms with E-state index in [1.54, 1.807) is 6.20 Å². The minimum atomic E-state index is -3.05. The lowest BCUT2D eigenvalue weighted by molar-refractivity contribution is 0.548. The van der Waals surface area contributed by atoms with E-state index in [0.717, 1.165) is 24.9 Å². The van der Waals surface area contributed by atoms with Gasteiger partial charge in [-0.1, -0.05) is 0 Å². The van der Waals surface area contributed by atoms with Crippen molar-refractivity contribution in [2.24, 2.45) is 0 Å². The van der Waals surface area contributed by atoms with Gasteiger partial charge in [0.1, 0.15) is 0 Å².